The Labute approximate surface area is 198 Å². The van der Waals surface area contributed by atoms with Gasteiger partial charge in [0.05, 0.1) is 5.56 Å². The number of phenolic OH excluding ortho intramolecular Hbond substituents is 1. The van der Waals surface area contributed by atoms with Crippen LogP contribution in [-0.4, -0.2) is 20.4 Å². The molecule has 0 bridgehead atoms. The van der Waals surface area contributed by atoms with E-state index in [4.69, 9.17) is 4.98 Å². The Kier molecular flexibility index (Phi) is 6.04. The lowest BCUT2D eigenvalue weighted by atomic mass is 10.0. The molecule has 5 rings (SSSR count). The van der Waals surface area contributed by atoms with Gasteiger partial charge in [-0.3, -0.25) is 4.79 Å². The van der Waals surface area contributed by atoms with Crippen LogP contribution in [0.1, 0.15) is 21.6 Å². The normalized spacial score (nSPS) is 10.8. The van der Waals surface area contributed by atoms with E-state index in [9.17, 15) is 9.90 Å². The average Bonchev–Trinajstić information content (AvgIpc) is 3.28. The predicted octanol–water partition coefficient (Wildman–Crippen LogP) is 6.40. The van der Waals surface area contributed by atoms with Crippen molar-refractivity contribution < 1.29 is 9.90 Å². The molecule has 0 saturated carbocycles. The third-order valence-corrected chi connectivity index (χ3v) is 5.88. The number of benzene rings is 4. The third kappa shape index (κ3) is 4.26. The zero-order chi connectivity index (χ0) is 23.3. The molecule has 1 heterocycles. The van der Waals surface area contributed by atoms with Crippen LogP contribution in [0, 0.1) is 0 Å². The van der Waals surface area contributed by atoms with E-state index in [1.165, 1.54) is 11.6 Å². The van der Waals surface area contributed by atoms with Crippen LogP contribution in [0.3, 0.4) is 0 Å². The Morgan fingerprint density at radius 1 is 0.706 bits per heavy atom. The van der Waals surface area contributed by atoms with Gasteiger partial charge in [0.2, 0.25) is 5.78 Å². The van der Waals surface area contributed by atoms with Gasteiger partial charge in [-0.15, -0.1) is 0 Å². The minimum Gasteiger partial charge on any atom is -0.507 e. The predicted molar refractivity (Wildman–Crippen MR) is 135 cm³/mol. The first-order valence-corrected chi connectivity index (χ1v) is 11.3. The number of hydrogen-bond acceptors (Lipinski definition) is 3. The summed E-state index contributed by atoms with van der Waals surface area (Å²) in [6.45, 7) is 0.572. The average molecular weight is 445 g/mol. The van der Waals surface area contributed by atoms with Gasteiger partial charge in [0.25, 0.3) is 0 Å². The van der Waals surface area contributed by atoms with Crippen LogP contribution in [0.5, 0.6) is 5.75 Å². The highest BCUT2D eigenvalue weighted by Crippen LogP contribution is 2.33. The van der Waals surface area contributed by atoms with Crippen molar-refractivity contribution in [2.24, 2.45) is 0 Å². The van der Waals surface area contributed by atoms with Crippen molar-refractivity contribution in [3.8, 4) is 28.4 Å². The molecule has 0 unspecified atom stereocenters. The van der Waals surface area contributed by atoms with Crippen molar-refractivity contribution in [2.75, 3.05) is 0 Å². The highest BCUT2D eigenvalue weighted by Gasteiger charge is 2.27. The molecule has 0 aliphatic carbocycles. The number of aromatic nitrogens is 2. The molecule has 0 aliphatic heterocycles. The number of para-hydroxylation sites is 1. The van der Waals surface area contributed by atoms with Gasteiger partial charge in [0, 0.05) is 17.7 Å². The summed E-state index contributed by atoms with van der Waals surface area (Å²) in [6, 6.07) is 36.5. The molecule has 0 amide bonds. The lowest BCUT2D eigenvalue weighted by molar-refractivity contribution is 0.102. The molecule has 0 atom stereocenters. The maximum atomic E-state index is 13.9. The zero-order valence-corrected chi connectivity index (χ0v) is 18.6. The molecule has 34 heavy (non-hydrogen) atoms. The van der Waals surface area contributed by atoms with E-state index in [0.717, 1.165) is 23.4 Å². The molecular weight excluding hydrogens is 420 g/mol. The van der Waals surface area contributed by atoms with Crippen LogP contribution < -0.4 is 0 Å². The molecule has 0 fully saturated rings. The van der Waals surface area contributed by atoms with E-state index in [1.807, 2.05) is 83.4 Å². The largest absolute Gasteiger partial charge is 0.507 e. The maximum absolute atomic E-state index is 13.9. The zero-order valence-electron chi connectivity index (χ0n) is 18.6. The first-order chi connectivity index (χ1) is 16.7. The van der Waals surface area contributed by atoms with Crippen molar-refractivity contribution >= 4 is 5.78 Å². The number of rotatable bonds is 7. The number of aromatic hydroxyl groups is 1. The lowest BCUT2D eigenvalue weighted by Crippen LogP contribution is -2.14. The topological polar surface area (TPSA) is 55.1 Å². The molecule has 1 aromatic heterocycles. The fourth-order valence-corrected chi connectivity index (χ4v) is 4.18. The minimum absolute atomic E-state index is 0.0383. The second-order valence-electron chi connectivity index (χ2n) is 8.10. The molecule has 0 spiro atoms. The summed E-state index contributed by atoms with van der Waals surface area (Å²) in [5.41, 5.74) is 4.32. The molecule has 4 aromatic carbocycles. The van der Waals surface area contributed by atoms with E-state index in [-0.39, 0.29) is 17.1 Å². The molecule has 5 aromatic rings. The number of hydrogen-bond donors (Lipinski definition) is 1. The maximum Gasteiger partial charge on any atom is 0.215 e. The van der Waals surface area contributed by atoms with Gasteiger partial charge in [-0.05, 0) is 24.1 Å². The number of imidazole rings is 1. The van der Waals surface area contributed by atoms with Crippen LogP contribution in [0.25, 0.3) is 22.6 Å². The standard InChI is InChI=1S/C30H24N2O2/c33-26-19-11-10-18-25(26)29(34)28-27(23-14-6-2-7-15-23)31-30(24-16-8-3-9-17-24)32(28)21-20-22-12-4-1-5-13-22/h1-19,33H,20-21H2. The first kappa shape index (κ1) is 21.4. The van der Waals surface area contributed by atoms with Gasteiger partial charge < -0.3 is 9.67 Å². The SMILES string of the molecule is O=C(c1ccccc1O)c1c(-c2ccccc2)nc(-c2ccccc2)n1CCc1ccccc1. The van der Waals surface area contributed by atoms with Crippen LogP contribution in [0.4, 0.5) is 0 Å². The first-order valence-electron chi connectivity index (χ1n) is 11.3. The number of aryl methyl sites for hydroxylation is 1. The van der Waals surface area contributed by atoms with E-state index < -0.39 is 0 Å². The summed E-state index contributed by atoms with van der Waals surface area (Å²) in [5, 5.41) is 10.5. The summed E-state index contributed by atoms with van der Waals surface area (Å²) in [7, 11) is 0. The van der Waals surface area contributed by atoms with Gasteiger partial charge in [0.15, 0.2) is 0 Å². The number of ketones is 1. The van der Waals surface area contributed by atoms with Crippen molar-refractivity contribution in [3.05, 3.63) is 132 Å². The Bertz CT molecular complexity index is 1410. The Morgan fingerprint density at radius 2 is 1.26 bits per heavy atom. The summed E-state index contributed by atoms with van der Waals surface area (Å²) in [5.74, 6) is 0.442. The van der Waals surface area contributed by atoms with Crippen molar-refractivity contribution in [1.82, 2.24) is 9.55 Å². The highest BCUT2D eigenvalue weighted by molar-refractivity contribution is 6.13. The fourth-order valence-electron chi connectivity index (χ4n) is 4.18. The molecule has 4 heteroatoms. The van der Waals surface area contributed by atoms with Crippen molar-refractivity contribution in [3.63, 3.8) is 0 Å². The van der Waals surface area contributed by atoms with Gasteiger partial charge in [-0.25, -0.2) is 4.98 Å². The minimum atomic E-state index is -0.250. The summed E-state index contributed by atoms with van der Waals surface area (Å²) < 4.78 is 2.00. The van der Waals surface area contributed by atoms with Crippen molar-refractivity contribution in [1.29, 1.82) is 0 Å². The van der Waals surface area contributed by atoms with Crippen LogP contribution >= 0.6 is 0 Å². The molecule has 0 aliphatic rings. The smallest absolute Gasteiger partial charge is 0.215 e. The van der Waals surface area contributed by atoms with Gasteiger partial charge in [-0.2, -0.15) is 0 Å². The summed E-state index contributed by atoms with van der Waals surface area (Å²) >= 11 is 0. The number of nitrogens with zero attached hydrogens (tertiary/aromatic N) is 2. The van der Waals surface area contributed by atoms with E-state index in [2.05, 4.69) is 12.1 Å². The molecular formula is C30H24N2O2. The number of carbonyl (C=O) groups is 1. The van der Waals surface area contributed by atoms with Crippen LogP contribution in [0.2, 0.25) is 0 Å². The number of phenols is 1. The number of carbonyl (C=O) groups excluding carboxylic acids is 1. The third-order valence-electron chi connectivity index (χ3n) is 5.88. The highest BCUT2D eigenvalue weighted by atomic mass is 16.3. The van der Waals surface area contributed by atoms with Gasteiger partial charge >= 0.3 is 0 Å². The Hall–Kier alpha value is -4.44. The van der Waals surface area contributed by atoms with Gasteiger partial charge in [-0.1, -0.05) is 103 Å². The fraction of sp³-hybridized carbons (Fsp3) is 0.0667. The summed E-state index contributed by atoms with van der Waals surface area (Å²) in [6.07, 6.45) is 0.742. The molecule has 4 nitrogen and oxygen atoms in total. The quantitative estimate of drug-likeness (QED) is 0.296. The molecule has 0 radical (unpaired) electrons. The Balaban J connectivity index is 1.72. The molecule has 166 valence electrons. The Morgan fingerprint density at radius 3 is 1.91 bits per heavy atom. The molecule has 0 saturated heterocycles. The van der Waals surface area contributed by atoms with Crippen molar-refractivity contribution in [2.45, 2.75) is 13.0 Å². The second kappa shape index (κ2) is 9.59. The molecule has 1 N–H and O–H groups in total. The summed E-state index contributed by atoms with van der Waals surface area (Å²) in [4.78, 5) is 18.9. The lowest BCUT2D eigenvalue weighted by Gasteiger charge is -2.13. The van der Waals surface area contributed by atoms with Gasteiger partial charge in [0.1, 0.15) is 23.0 Å². The monoisotopic (exact) mass is 444 g/mol. The van der Waals surface area contributed by atoms with E-state index in [0.29, 0.717) is 17.9 Å². The van der Waals surface area contributed by atoms with Crippen LogP contribution in [0.15, 0.2) is 115 Å². The second-order valence-corrected chi connectivity index (χ2v) is 8.10. The van der Waals surface area contributed by atoms with E-state index >= 15 is 0 Å². The van der Waals surface area contributed by atoms with E-state index in [1.54, 1.807) is 18.2 Å². The van der Waals surface area contributed by atoms with Crippen LogP contribution in [-0.2, 0) is 13.0 Å².